The Kier molecular flexibility index (Phi) is 45.1. The van der Waals surface area contributed by atoms with Crippen LogP contribution in [0.1, 0.15) is 252 Å². The minimum absolute atomic E-state index is 0.0598. The maximum Gasteiger partial charge on any atom is 0.306 e. The highest BCUT2D eigenvalue weighted by Gasteiger charge is 2.24. The van der Waals surface area contributed by atoms with E-state index in [-0.39, 0.29) is 24.9 Å². The van der Waals surface area contributed by atoms with Gasteiger partial charge < -0.3 is 20.3 Å². The SMILES string of the molecule is CC/C=C/C/C=C/C/C=C/CCCCCCC(CC(=O)NC(CO)C(O)CCCCCCCCCCCCCCCC)OC(=O)CCCCCCC/C=C\CCCCC. The molecule has 0 spiro atoms. The lowest BCUT2D eigenvalue weighted by molar-refractivity contribution is -0.151. The summed E-state index contributed by atoms with van der Waals surface area (Å²) in [5, 5.41) is 23.8. The van der Waals surface area contributed by atoms with Crippen LogP contribution in [0.25, 0.3) is 0 Å². The van der Waals surface area contributed by atoms with Crippen LogP contribution >= 0.6 is 0 Å². The van der Waals surface area contributed by atoms with Gasteiger partial charge in [0.15, 0.2) is 0 Å². The molecule has 3 unspecified atom stereocenters. The van der Waals surface area contributed by atoms with E-state index in [1.165, 1.54) is 109 Å². The summed E-state index contributed by atoms with van der Waals surface area (Å²) >= 11 is 0. The number of hydrogen-bond acceptors (Lipinski definition) is 5. The van der Waals surface area contributed by atoms with E-state index in [0.717, 1.165) is 96.3 Å². The van der Waals surface area contributed by atoms with E-state index in [9.17, 15) is 19.8 Å². The number of nitrogens with one attached hydrogen (secondary N) is 1. The third-order valence-corrected chi connectivity index (χ3v) is 11.4. The fourth-order valence-electron chi connectivity index (χ4n) is 7.56. The van der Waals surface area contributed by atoms with Crippen molar-refractivity contribution in [3.05, 3.63) is 48.6 Å². The minimum atomic E-state index is -0.794. The Morgan fingerprint density at radius 1 is 0.508 bits per heavy atom. The molecule has 0 radical (unpaired) electrons. The zero-order valence-electron chi connectivity index (χ0n) is 39.1. The molecule has 6 heteroatoms. The molecule has 0 aromatic rings. The van der Waals surface area contributed by atoms with Crippen molar-refractivity contribution in [3.63, 3.8) is 0 Å². The third-order valence-electron chi connectivity index (χ3n) is 11.4. The van der Waals surface area contributed by atoms with Crippen molar-refractivity contribution >= 4 is 11.9 Å². The van der Waals surface area contributed by atoms with E-state index in [4.69, 9.17) is 4.74 Å². The number of hydrogen-bond donors (Lipinski definition) is 3. The topological polar surface area (TPSA) is 95.9 Å². The van der Waals surface area contributed by atoms with Crippen molar-refractivity contribution in [2.45, 2.75) is 270 Å². The van der Waals surface area contributed by atoms with Gasteiger partial charge in [0.2, 0.25) is 5.91 Å². The molecule has 59 heavy (non-hydrogen) atoms. The van der Waals surface area contributed by atoms with Crippen molar-refractivity contribution in [2.75, 3.05) is 6.61 Å². The molecule has 6 nitrogen and oxygen atoms in total. The number of esters is 1. The maximum atomic E-state index is 13.2. The van der Waals surface area contributed by atoms with E-state index in [2.05, 4.69) is 74.7 Å². The summed E-state index contributed by atoms with van der Waals surface area (Å²) < 4.78 is 5.91. The Morgan fingerprint density at radius 3 is 1.44 bits per heavy atom. The number of amides is 1. The highest BCUT2D eigenvalue weighted by Crippen LogP contribution is 2.17. The first-order valence-electron chi connectivity index (χ1n) is 25.4. The van der Waals surface area contributed by atoms with Crippen LogP contribution in [0.3, 0.4) is 0 Å². The molecule has 0 aliphatic carbocycles. The van der Waals surface area contributed by atoms with E-state index in [0.29, 0.717) is 19.3 Å². The Balaban J connectivity index is 4.61. The molecule has 0 saturated heterocycles. The number of unbranched alkanes of at least 4 members (excludes halogenated alkanes) is 25. The van der Waals surface area contributed by atoms with Gasteiger partial charge in [-0.05, 0) is 83.5 Å². The average molecular weight is 828 g/mol. The molecule has 0 aromatic carbocycles. The standard InChI is InChI=1S/C53H97NO5/c1-4-7-10-13-16-19-22-25-27-29-32-35-38-41-44-49(59-53(58)46-43-40-37-34-31-24-21-18-15-12-9-6-3)47-52(57)54-50(48-55)51(56)45-42-39-36-33-30-28-26-23-20-17-14-11-8-5-2/h7,10,16,18-19,21,25,27,49-51,55-56H,4-6,8-9,11-15,17,20,22-24,26,28-48H2,1-3H3,(H,54,57)/b10-7+,19-16+,21-18-,27-25+. The minimum Gasteiger partial charge on any atom is -0.462 e. The summed E-state index contributed by atoms with van der Waals surface area (Å²) in [7, 11) is 0. The number of rotatable bonds is 45. The molecule has 0 aromatic heterocycles. The Bertz CT molecular complexity index is 1020. The van der Waals surface area contributed by atoms with Crippen molar-refractivity contribution < 1.29 is 24.5 Å². The van der Waals surface area contributed by atoms with Gasteiger partial charge in [-0.2, -0.15) is 0 Å². The number of allylic oxidation sites excluding steroid dienone is 8. The fraction of sp³-hybridized carbons (Fsp3) is 0.811. The van der Waals surface area contributed by atoms with Gasteiger partial charge in [-0.1, -0.05) is 204 Å². The van der Waals surface area contributed by atoms with E-state index < -0.39 is 18.2 Å². The van der Waals surface area contributed by atoms with Crippen molar-refractivity contribution in [1.82, 2.24) is 5.32 Å². The molecule has 0 aliphatic heterocycles. The average Bonchev–Trinajstić information content (AvgIpc) is 3.23. The fourth-order valence-corrected chi connectivity index (χ4v) is 7.56. The number of aliphatic hydroxyl groups is 2. The normalized spacial score (nSPS) is 13.6. The van der Waals surface area contributed by atoms with Crippen LogP contribution in [-0.2, 0) is 14.3 Å². The smallest absolute Gasteiger partial charge is 0.306 e. The molecule has 0 aliphatic rings. The van der Waals surface area contributed by atoms with Crippen LogP contribution in [-0.4, -0.2) is 46.9 Å². The summed E-state index contributed by atoms with van der Waals surface area (Å²) in [6.07, 6.45) is 55.9. The summed E-state index contributed by atoms with van der Waals surface area (Å²) in [5.74, 6) is -0.503. The van der Waals surface area contributed by atoms with Crippen LogP contribution in [0, 0.1) is 0 Å². The van der Waals surface area contributed by atoms with E-state index in [1.807, 2.05) is 0 Å². The number of aliphatic hydroxyl groups excluding tert-OH is 2. The van der Waals surface area contributed by atoms with E-state index >= 15 is 0 Å². The second kappa shape index (κ2) is 46.9. The molecule has 0 fully saturated rings. The monoisotopic (exact) mass is 828 g/mol. The van der Waals surface area contributed by atoms with Gasteiger partial charge in [0.25, 0.3) is 0 Å². The molecule has 1 amide bonds. The summed E-state index contributed by atoms with van der Waals surface area (Å²) in [6, 6.07) is -0.709. The Morgan fingerprint density at radius 2 is 0.915 bits per heavy atom. The molecule has 0 saturated carbocycles. The largest absolute Gasteiger partial charge is 0.462 e. The van der Waals surface area contributed by atoms with Crippen molar-refractivity contribution in [3.8, 4) is 0 Å². The Hall–Kier alpha value is -2.18. The van der Waals surface area contributed by atoms with Gasteiger partial charge in [-0.15, -0.1) is 0 Å². The van der Waals surface area contributed by atoms with Crippen LogP contribution in [0.15, 0.2) is 48.6 Å². The van der Waals surface area contributed by atoms with Crippen molar-refractivity contribution in [2.24, 2.45) is 0 Å². The van der Waals surface area contributed by atoms with Crippen LogP contribution in [0.4, 0.5) is 0 Å². The van der Waals surface area contributed by atoms with Gasteiger partial charge in [-0.25, -0.2) is 0 Å². The molecule has 3 atom stereocenters. The molecular formula is C53H97NO5. The van der Waals surface area contributed by atoms with Crippen LogP contribution < -0.4 is 5.32 Å². The van der Waals surface area contributed by atoms with Gasteiger partial charge in [-0.3, -0.25) is 9.59 Å². The summed E-state index contributed by atoms with van der Waals surface area (Å²) in [4.78, 5) is 26.1. The molecule has 0 heterocycles. The third kappa shape index (κ3) is 42.3. The lowest BCUT2D eigenvalue weighted by Gasteiger charge is -2.24. The van der Waals surface area contributed by atoms with Crippen LogP contribution in [0.2, 0.25) is 0 Å². The second-order valence-corrected chi connectivity index (χ2v) is 17.2. The van der Waals surface area contributed by atoms with Gasteiger partial charge in [0.05, 0.1) is 25.2 Å². The number of ether oxygens (including phenoxy) is 1. The number of carbonyl (C=O) groups is 2. The first kappa shape index (κ1) is 56.8. The van der Waals surface area contributed by atoms with Gasteiger partial charge in [0, 0.05) is 6.42 Å². The molecule has 0 bridgehead atoms. The first-order chi connectivity index (χ1) is 29.0. The second-order valence-electron chi connectivity index (χ2n) is 17.2. The van der Waals surface area contributed by atoms with Gasteiger partial charge in [0.1, 0.15) is 6.10 Å². The van der Waals surface area contributed by atoms with Crippen molar-refractivity contribution in [1.29, 1.82) is 0 Å². The molecule has 344 valence electrons. The number of carbonyl (C=O) groups excluding carboxylic acids is 2. The Labute approximate surface area is 366 Å². The lowest BCUT2D eigenvalue weighted by atomic mass is 10.0. The molecule has 0 rings (SSSR count). The first-order valence-corrected chi connectivity index (χ1v) is 25.4. The van der Waals surface area contributed by atoms with Gasteiger partial charge >= 0.3 is 5.97 Å². The highest BCUT2D eigenvalue weighted by molar-refractivity contribution is 5.77. The predicted octanol–water partition coefficient (Wildman–Crippen LogP) is 15.1. The zero-order chi connectivity index (χ0) is 43.1. The predicted molar refractivity (Wildman–Crippen MR) is 255 cm³/mol. The maximum absolute atomic E-state index is 13.2. The van der Waals surface area contributed by atoms with E-state index in [1.54, 1.807) is 0 Å². The van der Waals surface area contributed by atoms with Crippen LogP contribution in [0.5, 0.6) is 0 Å². The zero-order valence-corrected chi connectivity index (χ0v) is 39.1. The highest BCUT2D eigenvalue weighted by atomic mass is 16.5. The quantitative estimate of drug-likeness (QED) is 0.0323. The lowest BCUT2D eigenvalue weighted by Crippen LogP contribution is -2.46. The summed E-state index contributed by atoms with van der Waals surface area (Å²) in [5.41, 5.74) is 0. The summed E-state index contributed by atoms with van der Waals surface area (Å²) in [6.45, 7) is 6.34. The molecular weight excluding hydrogens is 731 g/mol. The molecule has 3 N–H and O–H groups in total.